The second kappa shape index (κ2) is 13.1. The second-order valence-corrected chi connectivity index (χ2v) is 11.9. The molecular formula is C29H41N3O4S. The number of amides is 2. The Labute approximate surface area is 222 Å². The molecule has 0 saturated heterocycles. The van der Waals surface area contributed by atoms with Gasteiger partial charge in [-0.25, -0.2) is 8.42 Å². The molecule has 7 nitrogen and oxygen atoms in total. The van der Waals surface area contributed by atoms with Crippen LogP contribution in [0.5, 0.6) is 0 Å². The highest BCUT2D eigenvalue weighted by molar-refractivity contribution is 7.92. The van der Waals surface area contributed by atoms with Crippen LogP contribution in [-0.4, -0.2) is 50.0 Å². The summed E-state index contributed by atoms with van der Waals surface area (Å²) < 4.78 is 26.9. The van der Waals surface area contributed by atoms with Crippen LogP contribution in [0.15, 0.2) is 48.5 Å². The molecule has 0 spiro atoms. The van der Waals surface area contributed by atoms with Gasteiger partial charge in [0.2, 0.25) is 21.8 Å². The number of aryl methyl sites for hydroxylation is 2. The normalized spacial score (nSPS) is 15.1. The molecule has 37 heavy (non-hydrogen) atoms. The fourth-order valence-corrected chi connectivity index (χ4v) is 5.88. The van der Waals surface area contributed by atoms with E-state index in [9.17, 15) is 18.0 Å². The third-order valence-corrected chi connectivity index (χ3v) is 8.26. The Morgan fingerprint density at radius 2 is 1.65 bits per heavy atom. The highest BCUT2D eigenvalue weighted by Crippen LogP contribution is 2.25. The maximum atomic E-state index is 13.9. The Balaban J connectivity index is 1.93. The summed E-state index contributed by atoms with van der Waals surface area (Å²) >= 11 is 0. The van der Waals surface area contributed by atoms with E-state index in [2.05, 4.69) is 5.32 Å². The number of hydrogen-bond donors (Lipinski definition) is 1. The topological polar surface area (TPSA) is 86.8 Å². The lowest BCUT2D eigenvalue weighted by Gasteiger charge is -2.34. The summed E-state index contributed by atoms with van der Waals surface area (Å²) in [7, 11) is -3.75. The maximum Gasteiger partial charge on any atom is 0.244 e. The number of sulfonamides is 1. The maximum absolute atomic E-state index is 13.9. The number of para-hydroxylation sites is 1. The van der Waals surface area contributed by atoms with Gasteiger partial charge in [0.1, 0.15) is 12.6 Å². The Kier molecular flexibility index (Phi) is 10.1. The van der Waals surface area contributed by atoms with E-state index in [-0.39, 0.29) is 25.0 Å². The van der Waals surface area contributed by atoms with Gasteiger partial charge in [-0.15, -0.1) is 0 Å². The number of anilines is 1. The first-order valence-corrected chi connectivity index (χ1v) is 15.2. The zero-order valence-electron chi connectivity index (χ0n) is 22.6. The fourth-order valence-electron chi connectivity index (χ4n) is 5.00. The number of nitrogens with one attached hydrogen (secondary N) is 1. The number of carbonyl (C=O) groups is 2. The third kappa shape index (κ3) is 7.81. The highest BCUT2D eigenvalue weighted by Gasteiger charge is 2.33. The highest BCUT2D eigenvalue weighted by atomic mass is 32.2. The lowest BCUT2D eigenvalue weighted by atomic mass is 9.95. The van der Waals surface area contributed by atoms with Crippen LogP contribution in [0.2, 0.25) is 0 Å². The van der Waals surface area contributed by atoms with Crippen LogP contribution in [-0.2, 0) is 32.6 Å². The quantitative estimate of drug-likeness (QED) is 0.463. The predicted octanol–water partition coefficient (Wildman–Crippen LogP) is 4.58. The minimum atomic E-state index is -3.75. The lowest BCUT2D eigenvalue weighted by molar-refractivity contribution is -0.140. The van der Waals surface area contributed by atoms with E-state index in [0.29, 0.717) is 18.5 Å². The minimum absolute atomic E-state index is 0.121. The first kappa shape index (κ1) is 28.7. The minimum Gasteiger partial charge on any atom is -0.352 e. The molecule has 1 aliphatic carbocycles. The van der Waals surface area contributed by atoms with E-state index in [1.807, 2.05) is 57.2 Å². The van der Waals surface area contributed by atoms with Gasteiger partial charge < -0.3 is 10.2 Å². The van der Waals surface area contributed by atoms with Crippen LogP contribution < -0.4 is 9.62 Å². The van der Waals surface area contributed by atoms with Gasteiger partial charge in [0.25, 0.3) is 0 Å². The molecule has 1 aliphatic rings. The average Bonchev–Trinajstić information content (AvgIpc) is 2.88. The zero-order valence-corrected chi connectivity index (χ0v) is 23.4. The van der Waals surface area contributed by atoms with Crippen molar-refractivity contribution in [3.05, 3.63) is 65.2 Å². The summed E-state index contributed by atoms with van der Waals surface area (Å²) in [4.78, 5) is 28.9. The predicted molar refractivity (Wildman–Crippen MR) is 149 cm³/mol. The number of carbonyl (C=O) groups excluding carboxylic acids is 2. The largest absolute Gasteiger partial charge is 0.352 e. The first-order chi connectivity index (χ1) is 17.6. The van der Waals surface area contributed by atoms with Gasteiger partial charge >= 0.3 is 0 Å². The zero-order chi connectivity index (χ0) is 27.0. The van der Waals surface area contributed by atoms with Gasteiger partial charge in [-0.2, -0.15) is 0 Å². The van der Waals surface area contributed by atoms with E-state index in [0.717, 1.165) is 48.6 Å². The molecule has 1 saturated carbocycles. The average molecular weight is 528 g/mol. The number of rotatable bonds is 11. The van der Waals surface area contributed by atoms with Crippen molar-refractivity contribution in [2.45, 2.75) is 84.3 Å². The van der Waals surface area contributed by atoms with Gasteiger partial charge in [-0.3, -0.25) is 13.9 Å². The van der Waals surface area contributed by atoms with Crippen LogP contribution in [0.25, 0.3) is 0 Å². The van der Waals surface area contributed by atoms with Crippen molar-refractivity contribution >= 4 is 27.5 Å². The summed E-state index contributed by atoms with van der Waals surface area (Å²) in [5.41, 5.74) is 3.33. The molecule has 0 aromatic heterocycles. The molecule has 2 aromatic rings. The summed E-state index contributed by atoms with van der Waals surface area (Å²) in [6, 6.07) is 14.5. The Morgan fingerprint density at radius 1 is 1.00 bits per heavy atom. The van der Waals surface area contributed by atoms with Gasteiger partial charge in [0, 0.05) is 12.6 Å². The molecule has 0 bridgehead atoms. The smallest absolute Gasteiger partial charge is 0.244 e. The Morgan fingerprint density at radius 3 is 2.24 bits per heavy atom. The van der Waals surface area contributed by atoms with Crippen molar-refractivity contribution in [3.8, 4) is 0 Å². The Bertz CT molecular complexity index is 1160. The Hall–Kier alpha value is -2.87. The first-order valence-electron chi connectivity index (χ1n) is 13.3. The van der Waals surface area contributed by atoms with Crippen LogP contribution in [0, 0.1) is 6.92 Å². The monoisotopic (exact) mass is 527 g/mol. The molecular weight excluding hydrogens is 486 g/mol. The van der Waals surface area contributed by atoms with Crippen LogP contribution in [0.1, 0.15) is 69.1 Å². The van der Waals surface area contributed by atoms with Crippen molar-refractivity contribution in [3.63, 3.8) is 0 Å². The molecule has 1 fully saturated rings. The molecule has 1 atom stereocenters. The van der Waals surface area contributed by atoms with Crippen molar-refractivity contribution in [1.82, 2.24) is 10.2 Å². The standard InChI is InChI=1S/C29H41N3O4S/c1-5-24-12-10-11-15-27(24)32(37(4,35)36)21-28(33)31(20-23-18-16-22(3)17-19-23)26(6-2)29(34)30-25-13-8-7-9-14-25/h10-12,15-19,25-26H,5-9,13-14,20-21H2,1-4H3,(H,30,34)/t26-/m1/s1. The van der Waals surface area contributed by atoms with E-state index < -0.39 is 22.0 Å². The van der Waals surface area contributed by atoms with Gasteiger partial charge in [-0.1, -0.05) is 81.1 Å². The van der Waals surface area contributed by atoms with Crippen molar-refractivity contribution in [1.29, 1.82) is 0 Å². The number of benzene rings is 2. The van der Waals surface area contributed by atoms with Crippen LogP contribution >= 0.6 is 0 Å². The van der Waals surface area contributed by atoms with Crippen LogP contribution in [0.4, 0.5) is 5.69 Å². The van der Waals surface area contributed by atoms with E-state index >= 15 is 0 Å². The summed E-state index contributed by atoms with van der Waals surface area (Å²) in [5, 5.41) is 3.17. The molecule has 0 heterocycles. The number of hydrogen-bond acceptors (Lipinski definition) is 4. The number of nitrogens with zero attached hydrogens (tertiary/aromatic N) is 2. The summed E-state index contributed by atoms with van der Waals surface area (Å²) in [6.45, 7) is 5.70. The third-order valence-electron chi connectivity index (χ3n) is 7.13. The van der Waals surface area contributed by atoms with Crippen molar-refractivity contribution < 1.29 is 18.0 Å². The van der Waals surface area contributed by atoms with Gasteiger partial charge in [-0.05, 0) is 49.8 Å². The van der Waals surface area contributed by atoms with Crippen molar-refractivity contribution in [2.24, 2.45) is 0 Å². The SMILES string of the molecule is CCc1ccccc1N(CC(=O)N(Cc1ccc(C)cc1)[C@H](CC)C(=O)NC1CCCCC1)S(C)(=O)=O. The van der Waals surface area contributed by atoms with Crippen molar-refractivity contribution in [2.75, 3.05) is 17.1 Å². The molecule has 0 unspecified atom stereocenters. The fraction of sp³-hybridized carbons (Fsp3) is 0.517. The van der Waals surface area contributed by atoms with Gasteiger partial charge in [0.15, 0.2) is 0 Å². The van der Waals surface area contributed by atoms with E-state index in [1.54, 1.807) is 17.0 Å². The molecule has 1 N–H and O–H groups in total. The molecule has 2 amide bonds. The molecule has 2 aromatic carbocycles. The lowest BCUT2D eigenvalue weighted by Crippen LogP contribution is -2.54. The second-order valence-electron chi connectivity index (χ2n) is 10.0. The van der Waals surface area contributed by atoms with Crippen LogP contribution in [0.3, 0.4) is 0 Å². The molecule has 8 heteroatoms. The summed E-state index contributed by atoms with van der Waals surface area (Å²) in [6.07, 6.45) is 7.44. The summed E-state index contributed by atoms with van der Waals surface area (Å²) in [5.74, 6) is -0.572. The van der Waals surface area contributed by atoms with E-state index in [1.165, 1.54) is 10.7 Å². The van der Waals surface area contributed by atoms with E-state index in [4.69, 9.17) is 0 Å². The molecule has 0 radical (unpaired) electrons. The molecule has 202 valence electrons. The molecule has 3 rings (SSSR count). The molecule has 0 aliphatic heterocycles. The van der Waals surface area contributed by atoms with Gasteiger partial charge in [0.05, 0.1) is 11.9 Å².